The van der Waals surface area contributed by atoms with Crippen molar-refractivity contribution in [3.8, 4) is 11.5 Å². The van der Waals surface area contributed by atoms with Crippen LogP contribution in [0.15, 0.2) is 36.4 Å². The van der Waals surface area contributed by atoms with Crippen LogP contribution in [0.2, 0.25) is 5.02 Å². The summed E-state index contributed by atoms with van der Waals surface area (Å²) in [7, 11) is 0. The van der Waals surface area contributed by atoms with Gasteiger partial charge in [-0.1, -0.05) is 29.8 Å². The number of para-hydroxylation sites is 1. The van der Waals surface area contributed by atoms with E-state index in [1.54, 1.807) is 6.07 Å². The Kier molecular flexibility index (Phi) is 3.99. The van der Waals surface area contributed by atoms with Crippen LogP contribution in [0.3, 0.4) is 0 Å². The summed E-state index contributed by atoms with van der Waals surface area (Å²) in [6.45, 7) is 2.84. The van der Waals surface area contributed by atoms with Gasteiger partial charge in [0, 0.05) is 18.2 Å². The molecule has 1 unspecified atom stereocenters. The van der Waals surface area contributed by atoms with E-state index in [2.05, 4.69) is 5.32 Å². The highest BCUT2D eigenvalue weighted by atomic mass is 35.5. The summed E-state index contributed by atoms with van der Waals surface area (Å²) >= 11 is 5.70. The van der Waals surface area contributed by atoms with Crippen LogP contribution in [0.1, 0.15) is 24.1 Å². The standard InChI is InChI=1S/C16H15ClFNO2/c1-10(11-5-6-13(17)14(18)7-11)19-8-12-3-2-4-15-16(12)21-9-20-15/h2-7,10,19H,8-9H2,1H3. The fourth-order valence-corrected chi connectivity index (χ4v) is 2.41. The summed E-state index contributed by atoms with van der Waals surface area (Å²) in [5.74, 6) is 1.14. The first-order valence-electron chi connectivity index (χ1n) is 6.71. The summed E-state index contributed by atoms with van der Waals surface area (Å²) in [6.07, 6.45) is 0. The molecule has 0 aliphatic carbocycles. The first kappa shape index (κ1) is 14.2. The molecule has 1 heterocycles. The summed E-state index contributed by atoms with van der Waals surface area (Å²) in [5.41, 5.74) is 1.87. The highest BCUT2D eigenvalue weighted by molar-refractivity contribution is 6.30. The fraction of sp³-hybridized carbons (Fsp3) is 0.250. The van der Waals surface area contributed by atoms with Crippen molar-refractivity contribution in [3.05, 3.63) is 58.4 Å². The first-order valence-corrected chi connectivity index (χ1v) is 7.09. The van der Waals surface area contributed by atoms with Crippen LogP contribution in [0.4, 0.5) is 4.39 Å². The van der Waals surface area contributed by atoms with Gasteiger partial charge in [0.15, 0.2) is 11.5 Å². The molecule has 0 amide bonds. The van der Waals surface area contributed by atoms with E-state index in [1.165, 1.54) is 6.07 Å². The van der Waals surface area contributed by atoms with E-state index in [0.29, 0.717) is 6.54 Å². The minimum atomic E-state index is -0.403. The minimum Gasteiger partial charge on any atom is -0.454 e. The number of ether oxygens (including phenoxy) is 2. The van der Waals surface area contributed by atoms with E-state index < -0.39 is 5.82 Å². The molecule has 1 aliphatic heterocycles. The lowest BCUT2D eigenvalue weighted by Crippen LogP contribution is -2.18. The lowest BCUT2D eigenvalue weighted by molar-refractivity contribution is 0.173. The van der Waals surface area contributed by atoms with Crippen LogP contribution >= 0.6 is 11.6 Å². The van der Waals surface area contributed by atoms with Crippen molar-refractivity contribution in [1.29, 1.82) is 0 Å². The fourth-order valence-electron chi connectivity index (χ4n) is 2.29. The Morgan fingerprint density at radius 1 is 1.29 bits per heavy atom. The second-order valence-electron chi connectivity index (χ2n) is 4.93. The van der Waals surface area contributed by atoms with Gasteiger partial charge in [0.25, 0.3) is 0 Å². The summed E-state index contributed by atoms with van der Waals surface area (Å²) < 4.78 is 24.3. The Hall–Kier alpha value is -1.78. The van der Waals surface area contributed by atoms with Crippen LogP contribution in [0, 0.1) is 5.82 Å². The number of hydrogen-bond donors (Lipinski definition) is 1. The predicted octanol–water partition coefficient (Wildman–Crippen LogP) is 4.06. The van der Waals surface area contributed by atoms with Gasteiger partial charge in [-0.05, 0) is 30.7 Å². The maximum absolute atomic E-state index is 13.5. The number of halogens is 2. The Balaban J connectivity index is 1.70. The molecule has 1 aliphatic rings. The lowest BCUT2D eigenvalue weighted by Gasteiger charge is -2.15. The SMILES string of the molecule is CC(NCc1cccc2c1OCO2)c1ccc(Cl)c(F)c1. The van der Waals surface area contributed by atoms with Crippen molar-refractivity contribution in [2.45, 2.75) is 19.5 Å². The van der Waals surface area contributed by atoms with E-state index in [9.17, 15) is 4.39 Å². The van der Waals surface area contributed by atoms with Crippen LogP contribution < -0.4 is 14.8 Å². The van der Waals surface area contributed by atoms with Gasteiger partial charge in [-0.15, -0.1) is 0 Å². The molecule has 0 fully saturated rings. The monoisotopic (exact) mass is 307 g/mol. The Morgan fingerprint density at radius 2 is 2.14 bits per heavy atom. The molecule has 1 atom stereocenters. The Labute approximate surface area is 127 Å². The number of fused-ring (bicyclic) bond motifs is 1. The molecule has 2 aromatic carbocycles. The van der Waals surface area contributed by atoms with Gasteiger partial charge in [0.05, 0.1) is 5.02 Å². The van der Waals surface area contributed by atoms with Crippen molar-refractivity contribution >= 4 is 11.6 Å². The second kappa shape index (κ2) is 5.92. The number of rotatable bonds is 4. The molecule has 3 nitrogen and oxygen atoms in total. The first-order chi connectivity index (χ1) is 10.1. The average Bonchev–Trinajstić information content (AvgIpc) is 2.96. The van der Waals surface area contributed by atoms with Gasteiger partial charge < -0.3 is 14.8 Å². The van der Waals surface area contributed by atoms with Gasteiger partial charge in [-0.2, -0.15) is 0 Å². The molecular formula is C16H15ClFNO2. The zero-order chi connectivity index (χ0) is 14.8. The number of benzene rings is 2. The third kappa shape index (κ3) is 2.96. The predicted molar refractivity (Wildman–Crippen MR) is 79.2 cm³/mol. The topological polar surface area (TPSA) is 30.5 Å². The molecule has 21 heavy (non-hydrogen) atoms. The van der Waals surface area contributed by atoms with Crippen LogP contribution in [-0.4, -0.2) is 6.79 Å². The van der Waals surface area contributed by atoms with E-state index in [0.717, 1.165) is 22.6 Å². The lowest BCUT2D eigenvalue weighted by atomic mass is 10.1. The van der Waals surface area contributed by atoms with E-state index in [-0.39, 0.29) is 17.9 Å². The molecule has 0 aromatic heterocycles. The Morgan fingerprint density at radius 3 is 2.95 bits per heavy atom. The molecule has 0 radical (unpaired) electrons. The van der Waals surface area contributed by atoms with Crippen LogP contribution in [-0.2, 0) is 6.54 Å². The number of hydrogen-bond acceptors (Lipinski definition) is 3. The summed E-state index contributed by atoms with van der Waals surface area (Å²) in [6, 6.07) is 10.6. The Bertz CT molecular complexity index is 663. The van der Waals surface area contributed by atoms with Crippen LogP contribution in [0.25, 0.3) is 0 Å². The highest BCUT2D eigenvalue weighted by Crippen LogP contribution is 2.35. The zero-order valence-electron chi connectivity index (χ0n) is 11.5. The largest absolute Gasteiger partial charge is 0.454 e. The van der Waals surface area contributed by atoms with Gasteiger partial charge in [0.1, 0.15) is 5.82 Å². The van der Waals surface area contributed by atoms with Gasteiger partial charge in [-0.25, -0.2) is 4.39 Å². The molecule has 0 spiro atoms. The van der Waals surface area contributed by atoms with Crippen molar-refractivity contribution in [3.63, 3.8) is 0 Å². The normalized spacial score (nSPS) is 14.2. The van der Waals surface area contributed by atoms with Crippen LogP contribution in [0.5, 0.6) is 11.5 Å². The average molecular weight is 308 g/mol. The van der Waals surface area contributed by atoms with Crippen molar-refractivity contribution in [2.24, 2.45) is 0 Å². The molecule has 110 valence electrons. The third-order valence-corrected chi connectivity index (χ3v) is 3.83. The molecule has 0 saturated heterocycles. The molecule has 1 N–H and O–H groups in total. The molecule has 0 bridgehead atoms. The van der Waals surface area contributed by atoms with Crippen molar-refractivity contribution < 1.29 is 13.9 Å². The van der Waals surface area contributed by atoms with E-state index in [4.69, 9.17) is 21.1 Å². The summed E-state index contributed by atoms with van der Waals surface area (Å²) in [4.78, 5) is 0. The smallest absolute Gasteiger partial charge is 0.231 e. The molecular weight excluding hydrogens is 293 g/mol. The molecule has 2 aromatic rings. The quantitative estimate of drug-likeness (QED) is 0.924. The maximum atomic E-state index is 13.5. The second-order valence-corrected chi connectivity index (χ2v) is 5.33. The van der Waals surface area contributed by atoms with Crippen molar-refractivity contribution in [2.75, 3.05) is 6.79 Å². The zero-order valence-corrected chi connectivity index (χ0v) is 12.3. The molecule has 0 saturated carbocycles. The molecule has 3 rings (SSSR count). The van der Waals surface area contributed by atoms with Gasteiger partial charge >= 0.3 is 0 Å². The van der Waals surface area contributed by atoms with E-state index >= 15 is 0 Å². The van der Waals surface area contributed by atoms with Gasteiger partial charge in [0.2, 0.25) is 6.79 Å². The minimum absolute atomic E-state index is 0.00468. The van der Waals surface area contributed by atoms with E-state index in [1.807, 2.05) is 31.2 Å². The van der Waals surface area contributed by atoms with Crippen molar-refractivity contribution in [1.82, 2.24) is 5.32 Å². The molecule has 5 heteroatoms. The third-order valence-electron chi connectivity index (χ3n) is 3.52. The van der Waals surface area contributed by atoms with Gasteiger partial charge in [-0.3, -0.25) is 0 Å². The maximum Gasteiger partial charge on any atom is 0.231 e. The number of nitrogens with one attached hydrogen (secondary N) is 1. The highest BCUT2D eigenvalue weighted by Gasteiger charge is 2.17. The summed E-state index contributed by atoms with van der Waals surface area (Å²) in [5, 5.41) is 3.48.